The lowest BCUT2D eigenvalue weighted by molar-refractivity contribution is -0.126. The van der Waals surface area contributed by atoms with E-state index in [1.54, 1.807) is 12.2 Å². The highest BCUT2D eigenvalue weighted by molar-refractivity contribution is 8.76. The summed E-state index contributed by atoms with van der Waals surface area (Å²) >= 11 is 0. The number of hydrogen-bond acceptors (Lipinski definition) is 6. The molecule has 0 fully saturated rings. The van der Waals surface area contributed by atoms with E-state index in [-0.39, 0.29) is 36.6 Å². The SMILES string of the molecule is O=C(C=Cc1ccccc1)NC(CSSCCC(=O)NCC(NC(=O)C=Cc1ccccc1)c1ccccc1)C(=O)NCCc1ccccc1. The van der Waals surface area contributed by atoms with Crippen LogP contribution < -0.4 is 21.3 Å². The molecule has 2 atom stereocenters. The van der Waals surface area contributed by atoms with Crippen LogP contribution in [0.15, 0.2) is 133 Å². The Bertz CT molecular complexity index is 1690. The van der Waals surface area contributed by atoms with Crippen LogP contribution >= 0.6 is 21.6 Å². The predicted molar refractivity (Wildman–Crippen MR) is 206 cm³/mol. The van der Waals surface area contributed by atoms with Crippen molar-refractivity contribution < 1.29 is 19.2 Å². The Morgan fingerprint density at radius 2 is 1.16 bits per heavy atom. The van der Waals surface area contributed by atoms with Crippen LogP contribution in [0.3, 0.4) is 0 Å². The van der Waals surface area contributed by atoms with Gasteiger partial charge in [0, 0.05) is 43.2 Å². The fraction of sp³-hybridized carbons (Fsp3) is 0.200. The van der Waals surface area contributed by atoms with Crippen molar-refractivity contribution in [2.24, 2.45) is 0 Å². The molecule has 2 unspecified atom stereocenters. The lowest BCUT2D eigenvalue weighted by Gasteiger charge is -2.19. The van der Waals surface area contributed by atoms with E-state index in [0.717, 1.165) is 22.3 Å². The van der Waals surface area contributed by atoms with Crippen LogP contribution in [0.2, 0.25) is 0 Å². The van der Waals surface area contributed by atoms with Crippen molar-refractivity contribution in [1.82, 2.24) is 21.3 Å². The summed E-state index contributed by atoms with van der Waals surface area (Å²) in [6, 6.07) is 37.2. The molecule has 0 aliphatic carbocycles. The lowest BCUT2D eigenvalue weighted by atomic mass is 10.1. The summed E-state index contributed by atoms with van der Waals surface area (Å²) in [5, 5.41) is 11.7. The van der Waals surface area contributed by atoms with Gasteiger partial charge in [-0.15, -0.1) is 0 Å². The third kappa shape index (κ3) is 14.6. The molecule has 4 aromatic rings. The molecule has 0 radical (unpaired) electrons. The lowest BCUT2D eigenvalue weighted by Crippen LogP contribution is -2.48. The molecule has 8 nitrogen and oxygen atoms in total. The van der Waals surface area contributed by atoms with Crippen LogP contribution in [-0.2, 0) is 25.6 Å². The highest BCUT2D eigenvalue weighted by atomic mass is 33.1. The van der Waals surface area contributed by atoms with Gasteiger partial charge >= 0.3 is 0 Å². The number of nitrogens with one attached hydrogen (secondary N) is 4. The molecule has 10 heteroatoms. The Morgan fingerprint density at radius 3 is 1.76 bits per heavy atom. The van der Waals surface area contributed by atoms with Crippen molar-refractivity contribution in [1.29, 1.82) is 0 Å². The van der Waals surface area contributed by atoms with Gasteiger partial charge in [0.25, 0.3) is 0 Å². The van der Waals surface area contributed by atoms with Crippen LogP contribution in [0, 0.1) is 0 Å². The first kappa shape index (κ1) is 37.8. The first-order valence-corrected chi connectivity index (χ1v) is 18.9. The van der Waals surface area contributed by atoms with E-state index in [1.807, 2.05) is 121 Å². The van der Waals surface area contributed by atoms with Gasteiger partial charge in [0.15, 0.2) is 0 Å². The molecular formula is C40H42N4O4S2. The maximum Gasteiger partial charge on any atom is 0.244 e. The fourth-order valence-electron chi connectivity index (χ4n) is 4.74. The zero-order valence-corrected chi connectivity index (χ0v) is 29.3. The summed E-state index contributed by atoms with van der Waals surface area (Å²) in [6.45, 7) is 0.681. The zero-order chi connectivity index (χ0) is 35.2. The molecule has 4 aromatic carbocycles. The van der Waals surface area contributed by atoms with E-state index in [9.17, 15) is 19.2 Å². The molecule has 0 aliphatic rings. The molecule has 0 heterocycles. The second-order valence-electron chi connectivity index (χ2n) is 11.2. The summed E-state index contributed by atoms with van der Waals surface area (Å²) in [5.41, 5.74) is 3.79. The van der Waals surface area contributed by atoms with Crippen LogP contribution in [0.1, 0.15) is 34.7 Å². The highest BCUT2D eigenvalue weighted by Crippen LogP contribution is 2.23. The summed E-state index contributed by atoms with van der Waals surface area (Å²) in [7, 11) is 2.88. The van der Waals surface area contributed by atoms with Crippen molar-refractivity contribution in [3.05, 3.63) is 156 Å². The van der Waals surface area contributed by atoms with Gasteiger partial charge < -0.3 is 21.3 Å². The van der Waals surface area contributed by atoms with Crippen LogP contribution in [0.25, 0.3) is 12.2 Å². The van der Waals surface area contributed by atoms with E-state index in [2.05, 4.69) is 21.3 Å². The molecule has 4 rings (SSSR count). The summed E-state index contributed by atoms with van der Waals surface area (Å²) in [5.74, 6) is -0.207. The number of carbonyl (C=O) groups is 4. The molecule has 50 heavy (non-hydrogen) atoms. The highest BCUT2D eigenvalue weighted by Gasteiger charge is 2.20. The van der Waals surface area contributed by atoms with Gasteiger partial charge in [-0.05, 0) is 40.8 Å². The molecule has 258 valence electrons. The van der Waals surface area contributed by atoms with Crippen molar-refractivity contribution in [2.45, 2.75) is 24.9 Å². The van der Waals surface area contributed by atoms with Gasteiger partial charge in [-0.2, -0.15) is 0 Å². The second-order valence-corrected chi connectivity index (χ2v) is 13.8. The first-order valence-electron chi connectivity index (χ1n) is 16.4. The molecule has 0 saturated heterocycles. The number of hydrogen-bond donors (Lipinski definition) is 4. The number of rotatable bonds is 19. The molecule has 0 bridgehead atoms. The van der Waals surface area contributed by atoms with Gasteiger partial charge in [0.2, 0.25) is 23.6 Å². The Kier molecular flexibility index (Phi) is 16.5. The minimum absolute atomic E-state index is 0.150. The number of amides is 4. The third-order valence-electron chi connectivity index (χ3n) is 7.39. The quantitative estimate of drug-likeness (QED) is 0.0540. The minimum atomic E-state index is -0.754. The average Bonchev–Trinajstić information content (AvgIpc) is 3.15. The van der Waals surface area contributed by atoms with Gasteiger partial charge in [-0.3, -0.25) is 19.2 Å². The van der Waals surface area contributed by atoms with E-state index in [4.69, 9.17) is 0 Å². The Morgan fingerprint density at radius 1 is 0.620 bits per heavy atom. The predicted octanol–water partition coefficient (Wildman–Crippen LogP) is 6.00. The Labute approximate surface area is 302 Å². The van der Waals surface area contributed by atoms with Crippen molar-refractivity contribution in [3.8, 4) is 0 Å². The zero-order valence-electron chi connectivity index (χ0n) is 27.7. The maximum atomic E-state index is 13.1. The largest absolute Gasteiger partial charge is 0.354 e. The minimum Gasteiger partial charge on any atom is -0.354 e. The standard InChI is InChI=1S/C40H42N4O4S2/c45-37(42-29-35(34-19-11-4-12-20-34)43-38(46)23-21-31-13-5-1-6-14-31)26-28-49-50-30-36(40(48)41-27-25-33-17-9-3-10-18-33)44-39(47)24-22-32-15-7-2-8-16-32/h1-24,35-36H,25-30H2,(H,41,48)(H,42,45)(H,43,46)(H,44,47). The molecule has 0 spiro atoms. The van der Waals surface area contributed by atoms with Crippen molar-refractivity contribution >= 4 is 57.4 Å². The molecule has 4 N–H and O–H groups in total. The topological polar surface area (TPSA) is 116 Å². The van der Waals surface area contributed by atoms with Gasteiger partial charge in [0.05, 0.1) is 6.04 Å². The van der Waals surface area contributed by atoms with Crippen molar-refractivity contribution in [2.75, 3.05) is 24.6 Å². The molecular weight excluding hydrogens is 665 g/mol. The summed E-state index contributed by atoms with van der Waals surface area (Å²) in [4.78, 5) is 51.3. The van der Waals surface area contributed by atoms with Crippen molar-refractivity contribution in [3.63, 3.8) is 0 Å². The third-order valence-corrected chi connectivity index (χ3v) is 9.81. The molecule has 0 aliphatic heterocycles. The Balaban J connectivity index is 1.23. The number of benzene rings is 4. The van der Waals surface area contributed by atoms with Crippen LogP contribution in [-0.4, -0.2) is 54.3 Å². The second kappa shape index (κ2) is 21.8. The molecule has 4 amide bonds. The van der Waals surface area contributed by atoms with E-state index in [0.29, 0.717) is 24.5 Å². The molecule has 0 saturated carbocycles. The monoisotopic (exact) mass is 706 g/mol. The van der Waals surface area contributed by atoms with E-state index in [1.165, 1.54) is 33.7 Å². The molecule has 0 aromatic heterocycles. The Hall–Kier alpha value is -5.06. The van der Waals surface area contributed by atoms with Gasteiger partial charge in [-0.1, -0.05) is 143 Å². The van der Waals surface area contributed by atoms with E-state index >= 15 is 0 Å². The fourth-order valence-corrected chi connectivity index (χ4v) is 6.90. The van der Waals surface area contributed by atoms with Gasteiger partial charge in [-0.25, -0.2) is 0 Å². The smallest absolute Gasteiger partial charge is 0.244 e. The number of carbonyl (C=O) groups excluding carboxylic acids is 4. The normalized spacial score (nSPS) is 12.2. The average molecular weight is 707 g/mol. The maximum absolute atomic E-state index is 13.1. The summed E-state index contributed by atoms with van der Waals surface area (Å²) < 4.78 is 0. The van der Waals surface area contributed by atoms with Crippen LogP contribution in [0.5, 0.6) is 0 Å². The van der Waals surface area contributed by atoms with Crippen LogP contribution in [0.4, 0.5) is 0 Å². The first-order chi connectivity index (χ1) is 24.5. The summed E-state index contributed by atoms with van der Waals surface area (Å²) in [6.07, 6.45) is 7.29. The van der Waals surface area contributed by atoms with Gasteiger partial charge in [0.1, 0.15) is 6.04 Å². The van der Waals surface area contributed by atoms with E-state index < -0.39 is 12.1 Å².